The number of anilines is 1. The van der Waals surface area contributed by atoms with E-state index in [2.05, 4.69) is 14.8 Å². The maximum absolute atomic E-state index is 12.5. The third-order valence-corrected chi connectivity index (χ3v) is 4.45. The Morgan fingerprint density at radius 2 is 1.77 bits per heavy atom. The van der Waals surface area contributed by atoms with E-state index in [-0.39, 0.29) is 5.78 Å². The van der Waals surface area contributed by atoms with Gasteiger partial charge in [0, 0.05) is 62.6 Å². The third kappa shape index (κ3) is 4.14. The highest BCUT2D eigenvalue weighted by Gasteiger charge is 2.16. The fraction of sp³-hybridized carbons (Fsp3) is 0.300. The van der Waals surface area contributed by atoms with Gasteiger partial charge in [-0.1, -0.05) is 0 Å². The molecule has 0 N–H and O–H groups in total. The van der Waals surface area contributed by atoms with E-state index < -0.39 is 0 Å². The number of ether oxygens (including phenoxy) is 2. The summed E-state index contributed by atoms with van der Waals surface area (Å²) in [7, 11) is 3.13. The lowest BCUT2D eigenvalue weighted by molar-refractivity contribution is 0.104. The van der Waals surface area contributed by atoms with Crippen molar-refractivity contribution in [2.24, 2.45) is 0 Å². The van der Waals surface area contributed by atoms with Gasteiger partial charge in [0.1, 0.15) is 11.5 Å². The number of carbonyl (C=O) groups is 1. The van der Waals surface area contributed by atoms with E-state index in [0.29, 0.717) is 17.1 Å². The van der Waals surface area contributed by atoms with Gasteiger partial charge in [0.05, 0.1) is 19.8 Å². The Balaban J connectivity index is 1.60. The molecule has 6 nitrogen and oxygen atoms in total. The molecule has 0 radical (unpaired) electrons. The Kier molecular flexibility index (Phi) is 5.73. The molecule has 0 spiro atoms. The summed E-state index contributed by atoms with van der Waals surface area (Å²) in [4.78, 5) is 21.0. The van der Waals surface area contributed by atoms with Crippen LogP contribution in [0.2, 0.25) is 0 Å². The van der Waals surface area contributed by atoms with Crippen LogP contribution in [0.3, 0.4) is 0 Å². The molecule has 3 rings (SSSR count). The Labute approximate surface area is 153 Å². The van der Waals surface area contributed by atoms with Crippen LogP contribution in [0.4, 0.5) is 5.69 Å². The first-order valence-corrected chi connectivity index (χ1v) is 8.55. The highest BCUT2D eigenvalue weighted by molar-refractivity contribution is 6.06. The molecule has 1 aromatic carbocycles. The molecule has 0 unspecified atom stereocenters. The Morgan fingerprint density at radius 1 is 1.04 bits per heavy atom. The standard InChI is InChI=1S/C20H23N3O3/c1-25-17-3-4-18(20(15-17)26-2)19(24)7-10-22-11-13-23(14-12-22)16-5-8-21-9-6-16/h3-10,15H,11-14H2,1-2H3. The minimum Gasteiger partial charge on any atom is -0.497 e. The fourth-order valence-corrected chi connectivity index (χ4v) is 2.95. The smallest absolute Gasteiger partial charge is 0.191 e. The second-order valence-corrected chi connectivity index (χ2v) is 5.97. The SMILES string of the molecule is COc1ccc(C(=O)C=CN2CCN(c3ccncc3)CC2)c(OC)c1. The molecule has 0 aliphatic carbocycles. The van der Waals surface area contributed by atoms with E-state index in [1.807, 2.05) is 30.7 Å². The molecular formula is C20H23N3O3. The highest BCUT2D eigenvalue weighted by atomic mass is 16.5. The average molecular weight is 353 g/mol. The molecule has 1 saturated heterocycles. The normalized spacial score (nSPS) is 14.5. The zero-order valence-corrected chi connectivity index (χ0v) is 15.1. The molecule has 0 atom stereocenters. The third-order valence-electron chi connectivity index (χ3n) is 4.45. The van der Waals surface area contributed by atoms with Crippen molar-refractivity contribution in [1.82, 2.24) is 9.88 Å². The van der Waals surface area contributed by atoms with Crippen LogP contribution >= 0.6 is 0 Å². The van der Waals surface area contributed by atoms with Crippen LogP contribution in [0, 0.1) is 0 Å². The topological polar surface area (TPSA) is 54.9 Å². The van der Waals surface area contributed by atoms with Crippen molar-refractivity contribution >= 4 is 11.5 Å². The van der Waals surface area contributed by atoms with E-state index in [4.69, 9.17) is 9.47 Å². The molecule has 1 aliphatic heterocycles. The Bertz CT molecular complexity index is 769. The van der Waals surface area contributed by atoms with Gasteiger partial charge in [0.15, 0.2) is 5.78 Å². The number of piperazine rings is 1. The van der Waals surface area contributed by atoms with Crippen molar-refractivity contribution in [1.29, 1.82) is 0 Å². The minimum absolute atomic E-state index is 0.0823. The van der Waals surface area contributed by atoms with E-state index in [1.165, 1.54) is 5.69 Å². The summed E-state index contributed by atoms with van der Waals surface area (Å²) in [5.41, 5.74) is 1.71. The maximum Gasteiger partial charge on any atom is 0.191 e. The lowest BCUT2D eigenvalue weighted by atomic mass is 10.1. The second-order valence-electron chi connectivity index (χ2n) is 5.97. The van der Waals surface area contributed by atoms with E-state index in [1.54, 1.807) is 38.5 Å². The number of aromatic nitrogens is 1. The summed E-state index contributed by atoms with van der Waals surface area (Å²) in [6.07, 6.45) is 7.09. The molecule has 1 aromatic heterocycles. The van der Waals surface area contributed by atoms with Crippen molar-refractivity contribution in [3.05, 3.63) is 60.6 Å². The van der Waals surface area contributed by atoms with Gasteiger partial charge in [0.2, 0.25) is 0 Å². The van der Waals surface area contributed by atoms with Crippen molar-refractivity contribution in [3.8, 4) is 11.5 Å². The van der Waals surface area contributed by atoms with Crippen LogP contribution < -0.4 is 14.4 Å². The van der Waals surface area contributed by atoms with E-state index in [0.717, 1.165) is 26.2 Å². The summed E-state index contributed by atoms with van der Waals surface area (Å²) < 4.78 is 10.5. The van der Waals surface area contributed by atoms with Crippen LogP contribution in [0.15, 0.2) is 55.0 Å². The van der Waals surface area contributed by atoms with Gasteiger partial charge in [-0.3, -0.25) is 9.78 Å². The van der Waals surface area contributed by atoms with Crippen molar-refractivity contribution in [3.63, 3.8) is 0 Å². The number of rotatable bonds is 6. The zero-order valence-electron chi connectivity index (χ0n) is 15.1. The van der Waals surface area contributed by atoms with Crippen LogP contribution in [0.1, 0.15) is 10.4 Å². The van der Waals surface area contributed by atoms with Gasteiger partial charge in [-0.25, -0.2) is 0 Å². The molecule has 26 heavy (non-hydrogen) atoms. The van der Waals surface area contributed by atoms with E-state index >= 15 is 0 Å². The van der Waals surface area contributed by atoms with Gasteiger partial charge in [-0.05, 0) is 24.3 Å². The van der Waals surface area contributed by atoms with Crippen molar-refractivity contribution in [2.75, 3.05) is 45.3 Å². The number of ketones is 1. The summed E-state index contributed by atoms with van der Waals surface area (Å²) in [5, 5.41) is 0. The van der Waals surface area contributed by atoms with E-state index in [9.17, 15) is 4.79 Å². The van der Waals surface area contributed by atoms with Crippen LogP contribution in [-0.2, 0) is 0 Å². The minimum atomic E-state index is -0.0823. The number of methoxy groups -OCH3 is 2. The van der Waals surface area contributed by atoms with Gasteiger partial charge < -0.3 is 19.3 Å². The molecule has 1 fully saturated rings. The quantitative estimate of drug-likeness (QED) is 0.588. The summed E-state index contributed by atoms with van der Waals surface area (Å²) in [6.45, 7) is 3.56. The fourth-order valence-electron chi connectivity index (χ4n) is 2.95. The number of hydrogen-bond donors (Lipinski definition) is 0. The molecular weight excluding hydrogens is 330 g/mol. The van der Waals surface area contributed by atoms with Gasteiger partial charge in [-0.15, -0.1) is 0 Å². The zero-order chi connectivity index (χ0) is 18.4. The summed E-state index contributed by atoms with van der Waals surface area (Å²) in [5.74, 6) is 1.09. The number of hydrogen-bond acceptors (Lipinski definition) is 6. The molecule has 0 saturated carbocycles. The maximum atomic E-state index is 12.5. The highest BCUT2D eigenvalue weighted by Crippen LogP contribution is 2.25. The lowest BCUT2D eigenvalue weighted by Gasteiger charge is -2.35. The van der Waals surface area contributed by atoms with Gasteiger partial charge in [0.25, 0.3) is 0 Å². The molecule has 2 aromatic rings. The molecule has 2 heterocycles. The first kappa shape index (κ1) is 17.8. The lowest BCUT2D eigenvalue weighted by Crippen LogP contribution is -2.44. The molecule has 0 bridgehead atoms. The van der Waals surface area contributed by atoms with Crippen LogP contribution in [0.5, 0.6) is 11.5 Å². The van der Waals surface area contributed by atoms with Crippen LogP contribution in [0.25, 0.3) is 0 Å². The molecule has 6 heteroatoms. The first-order chi connectivity index (χ1) is 12.7. The molecule has 1 aliphatic rings. The van der Waals surface area contributed by atoms with Crippen molar-refractivity contribution in [2.45, 2.75) is 0 Å². The number of pyridine rings is 1. The van der Waals surface area contributed by atoms with Crippen molar-refractivity contribution < 1.29 is 14.3 Å². The Morgan fingerprint density at radius 3 is 2.42 bits per heavy atom. The van der Waals surface area contributed by atoms with Gasteiger partial charge >= 0.3 is 0 Å². The number of nitrogens with zero attached hydrogens (tertiary/aromatic N) is 3. The predicted molar refractivity (Wildman–Crippen MR) is 101 cm³/mol. The monoisotopic (exact) mass is 353 g/mol. The largest absolute Gasteiger partial charge is 0.497 e. The van der Waals surface area contributed by atoms with Crippen LogP contribution in [-0.4, -0.2) is 56.1 Å². The number of benzene rings is 1. The predicted octanol–water partition coefficient (Wildman–Crippen LogP) is 2.62. The van der Waals surface area contributed by atoms with Gasteiger partial charge in [-0.2, -0.15) is 0 Å². The number of allylic oxidation sites excluding steroid dienone is 1. The first-order valence-electron chi connectivity index (χ1n) is 8.55. The number of carbonyl (C=O) groups excluding carboxylic acids is 1. The summed E-state index contributed by atoms with van der Waals surface area (Å²) in [6, 6.07) is 9.24. The average Bonchev–Trinajstić information content (AvgIpc) is 2.72. The Hall–Kier alpha value is -3.02. The molecule has 0 amide bonds. The molecule has 136 valence electrons. The summed E-state index contributed by atoms with van der Waals surface area (Å²) >= 11 is 0. The second kappa shape index (κ2) is 8.38.